The van der Waals surface area contributed by atoms with Gasteiger partial charge in [0.2, 0.25) is 0 Å². The summed E-state index contributed by atoms with van der Waals surface area (Å²) in [6, 6.07) is 14.8. The molecule has 0 spiro atoms. The Morgan fingerprint density at radius 3 is 2.38 bits per heavy atom. The number of aryl methyl sites for hydroxylation is 1. The third-order valence-corrected chi connectivity index (χ3v) is 3.77. The van der Waals surface area contributed by atoms with Crippen molar-refractivity contribution in [3.63, 3.8) is 0 Å². The molecule has 0 radical (unpaired) electrons. The van der Waals surface area contributed by atoms with E-state index in [1.807, 2.05) is 19.1 Å². The zero-order valence-corrected chi connectivity index (χ0v) is 13.7. The molecule has 0 saturated heterocycles. The van der Waals surface area contributed by atoms with Crippen LogP contribution in [0.2, 0.25) is 5.02 Å². The Bertz CT molecular complexity index is 591. The maximum Gasteiger partial charge on any atom is 0.0444 e. The molecule has 21 heavy (non-hydrogen) atoms. The Morgan fingerprint density at radius 2 is 1.81 bits per heavy atom. The average molecular weight is 303 g/mol. The molecule has 1 atom stereocenters. The number of halogens is 1. The fraction of sp³-hybridized carbons (Fsp3) is 0.333. The van der Waals surface area contributed by atoms with E-state index < -0.39 is 0 Å². The number of hydrogen-bond donors (Lipinski definition) is 1. The molecule has 0 saturated carbocycles. The second kappa shape index (κ2) is 6.97. The molecule has 0 heterocycles. The van der Waals surface area contributed by atoms with E-state index in [2.05, 4.69) is 49.1 Å². The van der Waals surface area contributed by atoms with E-state index in [4.69, 9.17) is 17.3 Å². The van der Waals surface area contributed by atoms with E-state index in [1.54, 1.807) is 0 Å². The number of nitrogens with zero attached hydrogens (tertiary/aromatic N) is 1. The van der Waals surface area contributed by atoms with Crippen LogP contribution in [0.15, 0.2) is 42.5 Å². The smallest absolute Gasteiger partial charge is 0.0444 e. The molecule has 3 heteroatoms. The van der Waals surface area contributed by atoms with Crippen molar-refractivity contribution in [2.75, 3.05) is 11.4 Å². The lowest BCUT2D eigenvalue weighted by atomic mass is 10.0. The number of benzene rings is 2. The minimum absolute atomic E-state index is 0.110. The predicted molar refractivity (Wildman–Crippen MR) is 92.7 cm³/mol. The highest BCUT2D eigenvalue weighted by Gasteiger charge is 2.13. The summed E-state index contributed by atoms with van der Waals surface area (Å²) in [7, 11) is 0. The molecule has 0 fully saturated rings. The molecule has 2 aromatic rings. The van der Waals surface area contributed by atoms with Crippen molar-refractivity contribution in [3.8, 4) is 0 Å². The molecular formula is C18H23ClN2. The van der Waals surface area contributed by atoms with E-state index in [0.29, 0.717) is 0 Å². The van der Waals surface area contributed by atoms with Crippen LogP contribution in [0.5, 0.6) is 0 Å². The van der Waals surface area contributed by atoms with Gasteiger partial charge in [-0.05, 0) is 63.1 Å². The molecule has 2 rings (SSSR count). The van der Waals surface area contributed by atoms with Crippen LogP contribution < -0.4 is 10.6 Å². The van der Waals surface area contributed by atoms with Crippen LogP contribution in [-0.4, -0.2) is 12.6 Å². The highest BCUT2D eigenvalue weighted by Crippen LogP contribution is 2.31. The summed E-state index contributed by atoms with van der Waals surface area (Å²) >= 11 is 6.16. The maximum atomic E-state index is 6.16. The Balaban J connectivity index is 2.43. The first-order valence-electron chi connectivity index (χ1n) is 7.39. The summed E-state index contributed by atoms with van der Waals surface area (Å²) in [6.07, 6.45) is 0.818. The van der Waals surface area contributed by atoms with Crippen molar-refractivity contribution in [2.45, 2.75) is 33.2 Å². The van der Waals surface area contributed by atoms with Crippen LogP contribution >= 0.6 is 11.6 Å². The van der Waals surface area contributed by atoms with Crippen LogP contribution in [0.25, 0.3) is 0 Å². The molecule has 2 aromatic carbocycles. The largest absolute Gasteiger partial charge is 0.342 e. The summed E-state index contributed by atoms with van der Waals surface area (Å²) < 4.78 is 0. The Hall–Kier alpha value is -1.51. The molecule has 2 nitrogen and oxygen atoms in total. The van der Waals surface area contributed by atoms with Crippen molar-refractivity contribution in [3.05, 3.63) is 58.6 Å². The van der Waals surface area contributed by atoms with Crippen molar-refractivity contribution >= 4 is 23.0 Å². The SMILES string of the molecule is CCN(c1ccc(C)cc1)c1ccc(Cl)cc1CC(C)N. The van der Waals surface area contributed by atoms with Crippen molar-refractivity contribution in [2.24, 2.45) is 5.73 Å². The first-order valence-corrected chi connectivity index (χ1v) is 7.77. The lowest BCUT2D eigenvalue weighted by molar-refractivity contribution is 0.736. The lowest BCUT2D eigenvalue weighted by Crippen LogP contribution is -2.22. The average Bonchev–Trinajstić information content (AvgIpc) is 2.43. The molecule has 0 aliphatic rings. The standard InChI is InChI=1S/C18H23ClN2/c1-4-21(17-8-5-13(2)6-9-17)18-10-7-16(19)12-15(18)11-14(3)20/h5-10,12,14H,4,11,20H2,1-3H3. The zero-order chi connectivity index (χ0) is 15.4. The monoisotopic (exact) mass is 302 g/mol. The minimum atomic E-state index is 0.110. The normalized spacial score (nSPS) is 12.2. The molecule has 0 aliphatic carbocycles. The maximum absolute atomic E-state index is 6.16. The van der Waals surface area contributed by atoms with Crippen molar-refractivity contribution < 1.29 is 0 Å². The fourth-order valence-electron chi connectivity index (χ4n) is 2.54. The Kier molecular flexibility index (Phi) is 5.27. The molecule has 0 aromatic heterocycles. The van der Waals surface area contributed by atoms with Crippen LogP contribution in [0.3, 0.4) is 0 Å². The summed E-state index contributed by atoms with van der Waals surface area (Å²) in [5.74, 6) is 0. The molecule has 1 unspecified atom stereocenters. The third-order valence-electron chi connectivity index (χ3n) is 3.54. The predicted octanol–water partition coefficient (Wildman–Crippen LogP) is 4.70. The van der Waals surface area contributed by atoms with Crippen molar-refractivity contribution in [1.82, 2.24) is 0 Å². The van der Waals surface area contributed by atoms with Gasteiger partial charge in [0.15, 0.2) is 0 Å². The van der Waals surface area contributed by atoms with E-state index in [-0.39, 0.29) is 6.04 Å². The number of hydrogen-bond acceptors (Lipinski definition) is 2. The van der Waals surface area contributed by atoms with Gasteiger partial charge in [0, 0.05) is 29.0 Å². The summed E-state index contributed by atoms with van der Waals surface area (Å²) in [6.45, 7) is 7.18. The van der Waals surface area contributed by atoms with Gasteiger partial charge < -0.3 is 10.6 Å². The number of anilines is 2. The molecule has 112 valence electrons. The Labute approximate surface area is 132 Å². The second-order valence-electron chi connectivity index (χ2n) is 5.53. The second-order valence-corrected chi connectivity index (χ2v) is 5.97. The van der Waals surface area contributed by atoms with Gasteiger partial charge >= 0.3 is 0 Å². The van der Waals surface area contributed by atoms with Gasteiger partial charge in [0.1, 0.15) is 0 Å². The highest BCUT2D eigenvalue weighted by atomic mass is 35.5. The minimum Gasteiger partial charge on any atom is -0.342 e. The topological polar surface area (TPSA) is 29.3 Å². The zero-order valence-electron chi connectivity index (χ0n) is 12.9. The molecular weight excluding hydrogens is 280 g/mol. The third kappa shape index (κ3) is 3.99. The van der Waals surface area contributed by atoms with Gasteiger partial charge in [-0.3, -0.25) is 0 Å². The van der Waals surface area contributed by atoms with Crippen LogP contribution in [-0.2, 0) is 6.42 Å². The van der Waals surface area contributed by atoms with Gasteiger partial charge in [0.25, 0.3) is 0 Å². The number of nitrogens with two attached hydrogens (primary N) is 1. The van der Waals surface area contributed by atoms with Gasteiger partial charge in [0.05, 0.1) is 0 Å². The lowest BCUT2D eigenvalue weighted by Gasteiger charge is -2.27. The van der Waals surface area contributed by atoms with E-state index >= 15 is 0 Å². The molecule has 0 aliphatic heterocycles. The van der Waals surface area contributed by atoms with Gasteiger partial charge in [-0.1, -0.05) is 29.3 Å². The number of rotatable bonds is 5. The summed E-state index contributed by atoms with van der Waals surface area (Å²) in [4.78, 5) is 2.30. The molecule has 0 amide bonds. The first kappa shape index (κ1) is 15.9. The van der Waals surface area contributed by atoms with E-state index in [9.17, 15) is 0 Å². The van der Waals surface area contributed by atoms with E-state index in [0.717, 1.165) is 18.0 Å². The van der Waals surface area contributed by atoms with Crippen LogP contribution in [0.1, 0.15) is 25.0 Å². The highest BCUT2D eigenvalue weighted by molar-refractivity contribution is 6.30. The van der Waals surface area contributed by atoms with Crippen molar-refractivity contribution in [1.29, 1.82) is 0 Å². The van der Waals surface area contributed by atoms with Crippen LogP contribution in [0, 0.1) is 6.92 Å². The summed E-state index contributed by atoms with van der Waals surface area (Å²) in [5.41, 5.74) is 10.8. The van der Waals surface area contributed by atoms with Gasteiger partial charge in [-0.15, -0.1) is 0 Å². The summed E-state index contributed by atoms with van der Waals surface area (Å²) in [5, 5.41) is 0.759. The van der Waals surface area contributed by atoms with E-state index in [1.165, 1.54) is 22.5 Å². The van der Waals surface area contributed by atoms with Crippen LogP contribution in [0.4, 0.5) is 11.4 Å². The molecule has 2 N–H and O–H groups in total. The fourth-order valence-corrected chi connectivity index (χ4v) is 2.74. The Morgan fingerprint density at radius 1 is 1.14 bits per heavy atom. The quantitative estimate of drug-likeness (QED) is 0.867. The van der Waals surface area contributed by atoms with Gasteiger partial charge in [-0.25, -0.2) is 0 Å². The molecule has 0 bridgehead atoms. The first-order chi connectivity index (χ1) is 10.0. The van der Waals surface area contributed by atoms with Gasteiger partial charge in [-0.2, -0.15) is 0 Å².